The molecule has 5 heteroatoms. The summed E-state index contributed by atoms with van der Waals surface area (Å²) in [5.41, 5.74) is -0.126. The van der Waals surface area contributed by atoms with Crippen LogP contribution in [0.4, 0.5) is 0 Å². The molecule has 0 aromatic carbocycles. The van der Waals surface area contributed by atoms with Gasteiger partial charge in [0.2, 0.25) is 0 Å². The third kappa shape index (κ3) is 3.31. The lowest BCUT2D eigenvalue weighted by Gasteiger charge is -2.19. The minimum atomic E-state index is -0.478. The predicted molar refractivity (Wildman–Crippen MR) is 47.6 cm³/mol. The van der Waals surface area contributed by atoms with Gasteiger partial charge in [0.15, 0.2) is 5.71 Å². The van der Waals surface area contributed by atoms with Crippen molar-refractivity contribution in [3.8, 4) is 0 Å². The van der Waals surface area contributed by atoms with Crippen molar-refractivity contribution in [1.29, 1.82) is 0 Å². The van der Waals surface area contributed by atoms with Crippen LogP contribution in [0.25, 0.3) is 0 Å². The van der Waals surface area contributed by atoms with Gasteiger partial charge in [0.1, 0.15) is 5.60 Å². The Morgan fingerprint density at radius 1 is 1.46 bits per heavy atom. The maximum absolute atomic E-state index is 11.4. The van der Waals surface area contributed by atoms with E-state index in [1.807, 2.05) is 20.8 Å². The van der Waals surface area contributed by atoms with Crippen molar-refractivity contribution < 1.29 is 9.53 Å². The van der Waals surface area contributed by atoms with Crippen LogP contribution >= 0.6 is 0 Å². The average molecular weight is 183 g/mol. The molecule has 72 valence electrons. The van der Waals surface area contributed by atoms with Crippen molar-refractivity contribution >= 4 is 11.7 Å². The quantitative estimate of drug-likeness (QED) is 0.579. The maximum Gasteiger partial charge on any atom is 0.355 e. The van der Waals surface area contributed by atoms with E-state index in [2.05, 4.69) is 15.4 Å². The second-order valence-electron chi connectivity index (χ2n) is 3.75. The molecule has 5 nitrogen and oxygen atoms in total. The number of rotatable bonds is 1. The fraction of sp³-hybridized carbons (Fsp3) is 0.750. The molecule has 0 aromatic rings. The molecule has 0 atom stereocenters. The second kappa shape index (κ2) is 3.64. The molecule has 0 aromatic heterocycles. The summed E-state index contributed by atoms with van der Waals surface area (Å²) in [6.45, 7) is 5.96. The summed E-state index contributed by atoms with van der Waals surface area (Å²) in [5.74, 6) is -0.397. The van der Waals surface area contributed by atoms with E-state index in [1.54, 1.807) is 0 Å². The Kier molecular flexibility index (Phi) is 2.75. The van der Waals surface area contributed by atoms with Crippen LogP contribution in [0.2, 0.25) is 0 Å². The number of carbonyl (C=O) groups is 1. The molecule has 0 saturated carbocycles. The molecule has 1 aliphatic heterocycles. The van der Waals surface area contributed by atoms with Crippen molar-refractivity contribution in [3.05, 3.63) is 0 Å². The predicted octanol–water partition coefficient (Wildman–Crippen LogP) is 1.54. The fourth-order valence-electron chi connectivity index (χ4n) is 0.816. The van der Waals surface area contributed by atoms with Gasteiger partial charge in [0, 0.05) is 6.42 Å². The molecule has 1 heterocycles. The number of nitrogens with zero attached hydrogens (tertiary/aromatic N) is 3. The van der Waals surface area contributed by atoms with E-state index in [4.69, 9.17) is 4.74 Å². The van der Waals surface area contributed by atoms with E-state index in [0.29, 0.717) is 18.7 Å². The van der Waals surface area contributed by atoms with E-state index in [1.165, 1.54) is 0 Å². The smallest absolute Gasteiger partial charge is 0.355 e. The van der Waals surface area contributed by atoms with Crippen molar-refractivity contribution in [3.63, 3.8) is 0 Å². The number of esters is 1. The fourth-order valence-corrected chi connectivity index (χ4v) is 0.816. The van der Waals surface area contributed by atoms with E-state index in [0.717, 1.165) is 0 Å². The molecule has 0 saturated heterocycles. The summed E-state index contributed by atoms with van der Waals surface area (Å²) in [5, 5.41) is 10.7. The number of carbonyl (C=O) groups excluding carboxylic acids is 1. The SMILES string of the molecule is CC(C)(C)OC(=O)C1=NN=NCC1. The Hall–Kier alpha value is -1.26. The van der Waals surface area contributed by atoms with Crippen LogP contribution in [0.3, 0.4) is 0 Å². The van der Waals surface area contributed by atoms with Gasteiger partial charge in [-0.05, 0) is 26.0 Å². The number of hydrogen-bond acceptors (Lipinski definition) is 5. The molecule has 13 heavy (non-hydrogen) atoms. The van der Waals surface area contributed by atoms with Gasteiger partial charge in [-0.15, -0.1) is 5.10 Å². The first kappa shape index (κ1) is 9.83. The zero-order valence-corrected chi connectivity index (χ0v) is 8.07. The first-order valence-electron chi connectivity index (χ1n) is 4.16. The van der Waals surface area contributed by atoms with Gasteiger partial charge in [0.25, 0.3) is 0 Å². The minimum absolute atomic E-state index is 0.352. The standard InChI is InChI=1S/C8H13N3O2/c1-8(2,3)13-7(12)6-4-5-9-11-10-6/h4-5H2,1-3H3. The largest absolute Gasteiger partial charge is 0.455 e. The van der Waals surface area contributed by atoms with Gasteiger partial charge in [-0.3, -0.25) is 0 Å². The summed E-state index contributed by atoms with van der Waals surface area (Å²) in [7, 11) is 0. The molecular weight excluding hydrogens is 170 g/mol. The van der Waals surface area contributed by atoms with E-state index in [9.17, 15) is 4.79 Å². The third-order valence-electron chi connectivity index (χ3n) is 1.31. The number of hydrogen-bond donors (Lipinski definition) is 0. The monoisotopic (exact) mass is 183 g/mol. The first-order chi connectivity index (χ1) is 5.99. The van der Waals surface area contributed by atoms with Crippen molar-refractivity contribution in [1.82, 2.24) is 0 Å². The summed E-state index contributed by atoms with van der Waals surface area (Å²) >= 11 is 0. The van der Waals surface area contributed by atoms with Gasteiger partial charge in [-0.1, -0.05) is 0 Å². The Morgan fingerprint density at radius 2 is 2.15 bits per heavy atom. The van der Waals surface area contributed by atoms with Crippen LogP contribution in [0.15, 0.2) is 15.4 Å². The lowest BCUT2D eigenvalue weighted by Crippen LogP contribution is -2.29. The highest BCUT2D eigenvalue weighted by atomic mass is 16.6. The van der Waals surface area contributed by atoms with Crippen LogP contribution in [0, 0.1) is 0 Å². The van der Waals surface area contributed by atoms with Gasteiger partial charge in [-0.2, -0.15) is 5.11 Å². The molecule has 0 bridgehead atoms. The summed E-state index contributed by atoms with van der Waals surface area (Å²) < 4.78 is 5.11. The lowest BCUT2D eigenvalue weighted by atomic mass is 10.2. The highest BCUT2D eigenvalue weighted by Crippen LogP contribution is 2.09. The Morgan fingerprint density at radius 3 is 2.62 bits per heavy atom. The molecule has 0 radical (unpaired) electrons. The molecular formula is C8H13N3O2. The summed E-state index contributed by atoms with van der Waals surface area (Å²) in [6, 6.07) is 0. The zero-order chi connectivity index (χ0) is 9.90. The molecule has 1 aliphatic rings. The molecule has 0 fully saturated rings. The van der Waals surface area contributed by atoms with Crippen LogP contribution in [0.5, 0.6) is 0 Å². The first-order valence-corrected chi connectivity index (χ1v) is 4.16. The van der Waals surface area contributed by atoms with Crippen LogP contribution in [-0.4, -0.2) is 23.8 Å². The van der Waals surface area contributed by atoms with Crippen molar-refractivity contribution in [2.45, 2.75) is 32.8 Å². The normalized spacial score (nSPS) is 16.7. The maximum atomic E-state index is 11.4. The van der Waals surface area contributed by atoms with Gasteiger partial charge in [0.05, 0.1) is 6.54 Å². The van der Waals surface area contributed by atoms with Gasteiger partial charge >= 0.3 is 5.97 Å². The van der Waals surface area contributed by atoms with E-state index >= 15 is 0 Å². The highest BCUT2D eigenvalue weighted by molar-refractivity contribution is 6.36. The number of ether oxygens (including phenoxy) is 1. The summed E-state index contributed by atoms with van der Waals surface area (Å²) in [4.78, 5) is 11.4. The Balaban J connectivity index is 2.58. The van der Waals surface area contributed by atoms with Gasteiger partial charge < -0.3 is 4.74 Å². The lowest BCUT2D eigenvalue weighted by molar-refractivity contribution is -0.146. The zero-order valence-electron chi connectivity index (χ0n) is 8.07. The van der Waals surface area contributed by atoms with E-state index < -0.39 is 11.6 Å². The molecule has 0 unspecified atom stereocenters. The van der Waals surface area contributed by atoms with Crippen LogP contribution in [-0.2, 0) is 9.53 Å². The van der Waals surface area contributed by atoms with Crippen molar-refractivity contribution in [2.75, 3.05) is 6.54 Å². The van der Waals surface area contributed by atoms with Gasteiger partial charge in [-0.25, -0.2) is 4.79 Å². The van der Waals surface area contributed by atoms with E-state index in [-0.39, 0.29) is 0 Å². The summed E-state index contributed by atoms with van der Waals surface area (Å²) in [6.07, 6.45) is 0.512. The molecule has 0 aliphatic carbocycles. The highest BCUT2D eigenvalue weighted by Gasteiger charge is 2.21. The molecule has 1 rings (SSSR count). The Labute approximate surface area is 76.9 Å². The Bertz CT molecular complexity index is 263. The average Bonchev–Trinajstić information content (AvgIpc) is 2.03. The third-order valence-corrected chi connectivity index (χ3v) is 1.31. The molecule has 0 N–H and O–H groups in total. The molecule has 0 amide bonds. The minimum Gasteiger partial charge on any atom is -0.455 e. The topological polar surface area (TPSA) is 63.4 Å². The van der Waals surface area contributed by atoms with Crippen LogP contribution < -0.4 is 0 Å². The van der Waals surface area contributed by atoms with Crippen molar-refractivity contribution in [2.24, 2.45) is 15.4 Å². The molecule has 0 spiro atoms. The van der Waals surface area contributed by atoms with Crippen LogP contribution in [0.1, 0.15) is 27.2 Å². The second-order valence-corrected chi connectivity index (χ2v) is 3.75.